The summed E-state index contributed by atoms with van der Waals surface area (Å²) in [6.07, 6.45) is 1.13. The smallest absolute Gasteiger partial charge is 0.377 e. The zero-order chi connectivity index (χ0) is 27.4. The molecule has 2 aliphatic heterocycles. The quantitative estimate of drug-likeness (QED) is 0.525. The first kappa shape index (κ1) is 25.8. The van der Waals surface area contributed by atoms with Crippen LogP contribution in [0, 0.1) is 6.92 Å². The molecule has 1 saturated heterocycles. The highest BCUT2D eigenvalue weighted by molar-refractivity contribution is 5.91. The van der Waals surface area contributed by atoms with Gasteiger partial charge in [0.2, 0.25) is 11.7 Å². The Morgan fingerprint density at radius 3 is 2.69 bits per heavy atom. The number of rotatable bonds is 4. The van der Waals surface area contributed by atoms with Gasteiger partial charge in [-0.2, -0.15) is 22.7 Å². The number of carbonyl (C=O) groups is 1. The molecular weight excluding hydrogens is 513 g/mol. The lowest BCUT2D eigenvalue weighted by Gasteiger charge is -2.34. The van der Waals surface area contributed by atoms with Gasteiger partial charge in [-0.05, 0) is 81.5 Å². The Kier molecular flexibility index (Phi) is 6.34. The van der Waals surface area contributed by atoms with Crippen molar-refractivity contribution in [3.05, 3.63) is 62.8 Å². The van der Waals surface area contributed by atoms with Crippen molar-refractivity contribution in [2.24, 2.45) is 0 Å². The molecule has 1 fully saturated rings. The number of aromatic nitrogens is 4. The van der Waals surface area contributed by atoms with Crippen LogP contribution in [0.25, 0.3) is 11.4 Å². The van der Waals surface area contributed by atoms with Crippen molar-refractivity contribution in [2.75, 3.05) is 31.6 Å². The lowest BCUT2D eigenvalue weighted by molar-refractivity contribution is -0.137. The summed E-state index contributed by atoms with van der Waals surface area (Å²) in [5.41, 5.74) is 1.73. The molecule has 0 unspecified atom stereocenters. The fourth-order valence-electron chi connectivity index (χ4n) is 6.13. The molecule has 0 atom stereocenters. The molecule has 206 valence electrons. The topological polar surface area (TPSA) is 103 Å². The molecule has 2 N–H and O–H groups in total. The summed E-state index contributed by atoms with van der Waals surface area (Å²) in [5, 5.41) is 10.7. The van der Waals surface area contributed by atoms with Crippen LogP contribution in [0.4, 0.5) is 18.9 Å². The minimum atomic E-state index is -4.47. The number of hydrogen-bond acceptors (Lipinski definition) is 6. The molecule has 3 aromatic rings. The van der Waals surface area contributed by atoms with E-state index in [0.29, 0.717) is 48.7 Å². The van der Waals surface area contributed by atoms with E-state index in [2.05, 4.69) is 15.7 Å². The standard InChI is InChI=1S/C27H29F3N6O3/c1-16-14-18(27(28,29)30)2-3-19(16)32-21(37)15-35-20-4-7-26(8-10-31-11-9-26)22(20)24(38)36-25(35)33-23(34-36)17-5-12-39-13-6-17/h2-3,5,14,31H,4,6-13,15H2,1H3,(H,32,37). The number of alkyl halides is 3. The van der Waals surface area contributed by atoms with Gasteiger partial charge in [-0.15, -0.1) is 5.10 Å². The molecule has 2 aromatic heterocycles. The predicted molar refractivity (Wildman–Crippen MR) is 138 cm³/mol. The molecule has 1 aliphatic carbocycles. The van der Waals surface area contributed by atoms with Crippen LogP contribution in [0.3, 0.4) is 0 Å². The summed E-state index contributed by atoms with van der Waals surface area (Å²) in [5.74, 6) is 0.296. The number of carbonyl (C=O) groups excluding carboxylic acids is 1. The van der Waals surface area contributed by atoms with Crippen molar-refractivity contribution >= 4 is 22.9 Å². The third-order valence-corrected chi connectivity index (χ3v) is 8.16. The Morgan fingerprint density at radius 2 is 2.00 bits per heavy atom. The van der Waals surface area contributed by atoms with Gasteiger partial charge in [-0.25, -0.2) is 0 Å². The number of fused-ring (bicyclic) bond motifs is 3. The number of piperidine rings is 1. The third-order valence-electron chi connectivity index (χ3n) is 8.16. The number of halogens is 3. The van der Waals surface area contributed by atoms with E-state index in [0.717, 1.165) is 55.8 Å². The van der Waals surface area contributed by atoms with Gasteiger partial charge in [0.25, 0.3) is 5.56 Å². The second-order valence-electron chi connectivity index (χ2n) is 10.5. The second kappa shape index (κ2) is 9.60. The summed E-state index contributed by atoms with van der Waals surface area (Å²) in [6.45, 7) is 3.96. The summed E-state index contributed by atoms with van der Waals surface area (Å²) in [6, 6.07) is 3.22. The monoisotopic (exact) mass is 542 g/mol. The summed E-state index contributed by atoms with van der Waals surface area (Å²) in [4.78, 5) is 31.9. The zero-order valence-electron chi connectivity index (χ0n) is 21.5. The Bertz CT molecular complexity index is 1550. The normalized spacial score (nSPS) is 18.8. The largest absolute Gasteiger partial charge is 0.416 e. The highest BCUT2D eigenvalue weighted by Crippen LogP contribution is 2.43. The maximum atomic E-state index is 13.9. The Labute approximate surface area is 222 Å². The van der Waals surface area contributed by atoms with Gasteiger partial charge in [-0.1, -0.05) is 6.08 Å². The van der Waals surface area contributed by atoms with Crippen LogP contribution < -0.4 is 16.2 Å². The predicted octanol–water partition coefficient (Wildman–Crippen LogP) is 3.23. The van der Waals surface area contributed by atoms with Crippen molar-refractivity contribution in [3.8, 4) is 0 Å². The SMILES string of the molecule is Cc1cc(C(F)(F)F)ccc1NC(=O)Cn1c2c(c(=O)n3nc(C4=CCOCC4)nc13)C1(CCNCC1)CC2. The van der Waals surface area contributed by atoms with Crippen molar-refractivity contribution in [2.45, 2.75) is 57.2 Å². The van der Waals surface area contributed by atoms with E-state index in [9.17, 15) is 22.8 Å². The van der Waals surface area contributed by atoms with E-state index < -0.39 is 17.6 Å². The van der Waals surface area contributed by atoms with Crippen molar-refractivity contribution in [1.29, 1.82) is 0 Å². The first-order chi connectivity index (χ1) is 18.7. The van der Waals surface area contributed by atoms with E-state index in [1.807, 2.05) is 6.08 Å². The molecule has 39 heavy (non-hydrogen) atoms. The number of hydrogen-bond donors (Lipinski definition) is 2. The first-order valence-electron chi connectivity index (χ1n) is 13.1. The van der Waals surface area contributed by atoms with Gasteiger partial charge in [0.15, 0.2) is 5.82 Å². The molecule has 4 heterocycles. The van der Waals surface area contributed by atoms with Gasteiger partial charge < -0.3 is 19.9 Å². The summed E-state index contributed by atoms with van der Waals surface area (Å²) < 4.78 is 47.8. The van der Waals surface area contributed by atoms with Crippen LogP contribution in [0.2, 0.25) is 0 Å². The van der Waals surface area contributed by atoms with E-state index >= 15 is 0 Å². The van der Waals surface area contributed by atoms with Gasteiger partial charge in [-0.3, -0.25) is 9.59 Å². The maximum Gasteiger partial charge on any atom is 0.416 e. The van der Waals surface area contributed by atoms with Crippen LogP contribution in [0.15, 0.2) is 29.1 Å². The Hall–Kier alpha value is -3.51. The number of nitrogens with one attached hydrogen (secondary N) is 2. The summed E-state index contributed by atoms with van der Waals surface area (Å²) in [7, 11) is 0. The number of amides is 1. The van der Waals surface area contributed by atoms with Crippen molar-refractivity contribution < 1.29 is 22.7 Å². The first-order valence-corrected chi connectivity index (χ1v) is 13.1. The third kappa shape index (κ3) is 4.55. The molecule has 1 aromatic carbocycles. The number of anilines is 1. The van der Waals surface area contributed by atoms with Gasteiger partial charge in [0, 0.05) is 22.4 Å². The number of aryl methyl sites for hydroxylation is 1. The molecule has 1 amide bonds. The van der Waals surface area contributed by atoms with Crippen LogP contribution in [0.5, 0.6) is 0 Å². The van der Waals surface area contributed by atoms with Gasteiger partial charge in [0.05, 0.1) is 18.8 Å². The van der Waals surface area contributed by atoms with E-state index in [1.54, 1.807) is 4.57 Å². The number of nitrogens with zero attached hydrogens (tertiary/aromatic N) is 4. The second-order valence-corrected chi connectivity index (χ2v) is 10.5. The minimum absolute atomic E-state index is 0.152. The minimum Gasteiger partial charge on any atom is -0.377 e. The average Bonchev–Trinajstić information content (AvgIpc) is 3.51. The molecule has 0 bridgehead atoms. The molecule has 3 aliphatic rings. The lowest BCUT2D eigenvalue weighted by atomic mass is 9.75. The maximum absolute atomic E-state index is 13.9. The molecule has 1 spiro atoms. The molecule has 0 radical (unpaired) electrons. The van der Waals surface area contributed by atoms with Crippen LogP contribution in [0.1, 0.15) is 53.9 Å². The molecule has 0 saturated carbocycles. The fraction of sp³-hybridized carbons (Fsp3) is 0.481. The van der Waals surface area contributed by atoms with Gasteiger partial charge in [0.1, 0.15) is 6.54 Å². The Morgan fingerprint density at radius 1 is 1.21 bits per heavy atom. The van der Waals surface area contributed by atoms with Gasteiger partial charge >= 0.3 is 6.18 Å². The molecule has 6 rings (SSSR count). The number of benzene rings is 1. The lowest BCUT2D eigenvalue weighted by Crippen LogP contribution is -2.42. The fourth-order valence-corrected chi connectivity index (χ4v) is 6.13. The zero-order valence-corrected chi connectivity index (χ0v) is 21.5. The summed E-state index contributed by atoms with van der Waals surface area (Å²) >= 11 is 0. The van der Waals surface area contributed by atoms with Crippen molar-refractivity contribution in [3.63, 3.8) is 0 Å². The van der Waals surface area contributed by atoms with E-state index in [1.165, 1.54) is 17.5 Å². The van der Waals surface area contributed by atoms with Crippen LogP contribution in [-0.4, -0.2) is 51.4 Å². The van der Waals surface area contributed by atoms with E-state index in [4.69, 9.17) is 9.72 Å². The molecular formula is C27H29F3N6O3. The van der Waals surface area contributed by atoms with Crippen LogP contribution >= 0.6 is 0 Å². The average molecular weight is 543 g/mol. The highest BCUT2D eigenvalue weighted by atomic mass is 19.4. The number of ether oxygens (including phenoxy) is 1. The van der Waals surface area contributed by atoms with E-state index in [-0.39, 0.29) is 23.3 Å². The van der Waals surface area contributed by atoms with Crippen molar-refractivity contribution in [1.82, 2.24) is 24.5 Å². The molecule has 12 heteroatoms. The molecule has 9 nitrogen and oxygen atoms in total. The Balaban J connectivity index is 1.41. The van der Waals surface area contributed by atoms with Crippen LogP contribution in [-0.2, 0) is 34.1 Å². The highest BCUT2D eigenvalue weighted by Gasteiger charge is 2.44.